The number of nitrogens with one attached hydrogen (secondary N) is 3. The number of ether oxygens (including phenoxy) is 2. The van der Waals surface area contributed by atoms with Crippen LogP contribution >= 0.6 is 24.0 Å². The van der Waals surface area contributed by atoms with Crippen LogP contribution < -0.4 is 16.0 Å². The summed E-state index contributed by atoms with van der Waals surface area (Å²) < 4.78 is 10.2. The van der Waals surface area contributed by atoms with Gasteiger partial charge in [-0.3, -0.25) is 10.3 Å². The van der Waals surface area contributed by atoms with Crippen molar-refractivity contribution in [3.8, 4) is 0 Å². The van der Waals surface area contributed by atoms with Gasteiger partial charge in [0.05, 0.1) is 13.2 Å². The maximum absolute atomic E-state index is 11.8. The zero-order valence-electron chi connectivity index (χ0n) is 16.9. The van der Waals surface area contributed by atoms with Crippen LogP contribution in [0.15, 0.2) is 29.3 Å². The van der Waals surface area contributed by atoms with Gasteiger partial charge >= 0.3 is 6.09 Å². The van der Waals surface area contributed by atoms with Gasteiger partial charge in [-0.25, -0.2) is 4.79 Å². The number of carbonyl (C=O) groups excluding carboxylic acids is 1. The molecular formula is C19H33IN4O3. The molecule has 0 heterocycles. The SMILES string of the molecule is CCNC(=NCCOC)NCCc1ccc(NC(=O)OC(C)(C)C)cc1.I. The highest BCUT2D eigenvalue weighted by Gasteiger charge is 2.16. The largest absolute Gasteiger partial charge is 0.444 e. The molecule has 0 unspecified atom stereocenters. The highest BCUT2D eigenvalue weighted by molar-refractivity contribution is 14.0. The minimum Gasteiger partial charge on any atom is -0.444 e. The van der Waals surface area contributed by atoms with E-state index in [1.54, 1.807) is 7.11 Å². The number of hydrogen-bond acceptors (Lipinski definition) is 4. The standard InChI is InChI=1S/C19H32N4O3.HI/c1-6-20-17(22-13-14-25-5)21-12-11-15-7-9-16(10-8-15)23-18(24)26-19(2,3)4;/h7-10H,6,11-14H2,1-5H3,(H,23,24)(H2,20,21,22);1H. The van der Waals surface area contributed by atoms with Crippen LogP contribution in [0, 0.1) is 0 Å². The van der Waals surface area contributed by atoms with Crippen LogP contribution in [-0.4, -0.2) is 51.0 Å². The van der Waals surface area contributed by atoms with Gasteiger partial charge in [0, 0.05) is 25.9 Å². The quantitative estimate of drug-likeness (QED) is 0.224. The Morgan fingerprint density at radius 2 is 1.81 bits per heavy atom. The van der Waals surface area contributed by atoms with Gasteiger partial charge in [-0.15, -0.1) is 24.0 Å². The summed E-state index contributed by atoms with van der Waals surface area (Å²) in [7, 11) is 1.66. The molecule has 0 aliphatic heterocycles. The fourth-order valence-corrected chi connectivity index (χ4v) is 2.09. The molecule has 0 spiro atoms. The number of methoxy groups -OCH3 is 1. The van der Waals surface area contributed by atoms with Crippen LogP contribution in [-0.2, 0) is 15.9 Å². The fourth-order valence-electron chi connectivity index (χ4n) is 2.09. The summed E-state index contributed by atoms with van der Waals surface area (Å²) in [6.07, 6.45) is 0.399. The summed E-state index contributed by atoms with van der Waals surface area (Å²) in [6, 6.07) is 7.72. The molecule has 1 amide bonds. The molecule has 8 heteroatoms. The first-order valence-corrected chi connectivity index (χ1v) is 8.94. The average Bonchev–Trinajstić information content (AvgIpc) is 2.55. The lowest BCUT2D eigenvalue weighted by Gasteiger charge is -2.19. The molecule has 1 rings (SSSR count). The molecular weight excluding hydrogens is 459 g/mol. The number of nitrogens with zero attached hydrogens (tertiary/aromatic N) is 1. The number of aliphatic imine (C=N–C) groups is 1. The number of rotatable bonds is 8. The Balaban J connectivity index is 0.00000676. The van der Waals surface area contributed by atoms with Crippen LogP contribution in [0.3, 0.4) is 0 Å². The number of benzene rings is 1. The van der Waals surface area contributed by atoms with E-state index in [9.17, 15) is 4.79 Å². The van der Waals surface area contributed by atoms with Crippen molar-refractivity contribution in [3.05, 3.63) is 29.8 Å². The maximum atomic E-state index is 11.8. The topological polar surface area (TPSA) is 84.0 Å². The summed E-state index contributed by atoms with van der Waals surface area (Å²) in [5, 5.41) is 9.22. The molecule has 0 radical (unpaired) electrons. The van der Waals surface area contributed by atoms with Crippen molar-refractivity contribution in [2.24, 2.45) is 4.99 Å². The van der Waals surface area contributed by atoms with E-state index in [1.807, 2.05) is 52.0 Å². The molecule has 0 fully saturated rings. The van der Waals surface area contributed by atoms with Crippen molar-refractivity contribution in [1.29, 1.82) is 0 Å². The fraction of sp³-hybridized carbons (Fsp3) is 0.579. The molecule has 0 aliphatic carbocycles. The lowest BCUT2D eigenvalue weighted by atomic mass is 10.1. The number of anilines is 1. The van der Waals surface area contributed by atoms with E-state index < -0.39 is 11.7 Å². The van der Waals surface area contributed by atoms with Gasteiger partial charge in [0.2, 0.25) is 0 Å². The third-order valence-corrected chi connectivity index (χ3v) is 3.21. The van der Waals surface area contributed by atoms with Gasteiger partial charge in [0.25, 0.3) is 0 Å². The summed E-state index contributed by atoms with van der Waals surface area (Å²) in [6.45, 7) is 10.3. The molecule has 0 saturated carbocycles. The van der Waals surface area contributed by atoms with Crippen LogP contribution in [0.1, 0.15) is 33.3 Å². The summed E-state index contributed by atoms with van der Waals surface area (Å²) in [4.78, 5) is 16.2. The number of hydrogen-bond donors (Lipinski definition) is 3. The molecule has 1 aromatic rings. The van der Waals surface area contributed by atoms with E-state index >= 15 is 0 Å². The van der Waals surface area contributed by atoms with Gasteiger partial charge in [0.15, 0.2) is 5.96 Å². The third kappa shape index (κ3) is 12.5. The van der Waals surface area contributed by atoms with Crippen LogP contribution in [0.2, 0.25) is 0 Å². The first kappa shape index (κ1) is 25.4. The number of carbonyl (C=O) groups is 1. The van der Waals surface area contributed by atoms with E-state index in [4.69, 9.17) is 9.47 Å². The van der Waals surface area contributed by atoms with E-state index in [1.165, 1.54) is 5.56 Å². The Morgan fingerprint density at radius 1 is 1.15 bits per heavy atom. The van der Waals surface area contributed by atoms with Gasteiger partial charge < -0.3 is 20.1 Å². The lowest BCUT2D eigenvalue weighted by molar-refractivity contribution is 0.0636. The Hall–Kier alpha value is -1.55. The van der Waals surface area contributed by atoms with Crippen molar-refractivity contribution >= 4 is 41.7 Å². The molecule has 0 aromatic heterocycles. The van der Waals surface area contributed by atoms with Crippen molar-refractivity contribution in [3.63, 3.8) is 0 Å². The van der Waals surface area contributed by atoms with E-state index in [-0.39, 0.29) is 24.0 Å². The molecule has 0 saturated heterocycles. The predicted octanol–water partition coefficient (Wildman–Crippen LogP) is 3.40. The first-order valence-electron chi connectivity index (χ1n) is 8.94. The highest BCUT2D eigenvalue weighted by Crippen LogP contribution is 2.13. The normalized spacial score (nSPS) is 11.4. The van der Waals surface area contributed by atoms with Crippen molar-refractivity contribution in [2.75, 3.05) is 38.7 Å². The molecule has 0 atom stereocenters. The number of guanidine groups is 1. The maximum Gasteiger partial charge on any atom is 0.412 e. The molecule has 7 nitrogen and oxygen atoms in total. The van der Waals surface area contributed by atoms with Gasteiger partial charge in [-0.1, -0.05) is 12.1 Å². The first-order chi connectivity index (χ1) is 12.3. The average molecular weight is 492 g/mol. The minimum absolute atomic E-state index is 0. The van der Waals surface area contributed by atoms with Crippen LogP contribution in [0.4, 0.5) is 10.5 Å². The zero-order valence-corrected chi connectivity index (χ0v) is 19.3. The van der Waals surface area contributed by atoms with E-state index in [0.29, 0.717) is 18.8 Å². The second-order valence-corrected chi connectivity index (χ2v) is 6.75. The lowest BCUT2D eigenvalue weighted by Crippen LogP contribution is -2.38. The van der Waals surface area contributed by atoms with Crippen molar-refractivity contribution in [2.45, 2.75) is 39.7 Å². The Labute approximate surface area is 179 Å². The third-order valence-electron chi connectivity index (χ3n) is 3.21. The smallest absolute Gasteiger partial charge is 0.412 e. The predicted molar refractivity (Wildman–Crippen MR) is 121 cm³/mol. The van der Waals surface area contributed by atoms with Gasteiger partial charge in [-0.05, 0) is 51.8 Å². The Bertz CT molecular complexity index is 571. The molecule has 1 aromatic carbocycles. The summed E-state index contributed by atoms with van der Waals surface area (Å²) >= 11 is 0. The summed E-state index contributed by atoms with van der Waals surface area (Å²) in [5.41, 5.74) is 1.37. The summed E-state index contributed by atoms with van der Waals surface area (Å²) in [5.74, 6) is 0.785. The zero-order chi connectivity index (χ0) is 19.4. The van der Waals surface area contributed by atoms with Crippen LogP contribution in [0.25, 0.3) is 0 Å². The Kier molecular flexibility index (Phi) is 12.8. The van der Waals surface area contributed by atoms with Crippen LogP contribution in [0.5, 0.6) is 0 Å². The monoisotopic (exact) mass is 492 g/mol. The van der Waals surface area contributed by atoms with Crippen molar-refractivity contribution in [1.82, 2.24) is 10.6 Å². The van der Waals surface area contributed by atoms with E-state index in [2.05, 4.69) is 20.9 Å². The number of halogens is 1. The van der Waals surface area contributed by atoms with Gasteiger partial charge in [0.1, 0.15) is 5.60 Å². The van der Waals surface area contributed by atoms with E-state index in [0.717, 1.165) is 25.5 Å². The Morgan fingerprint density at radius 3 is 2.37 bits per heavy atom. The number of amides is 1. The minimum atomic E-state index is -0.509. The van der Waals surface area contributed by atoms with Crippen molar-refractivity contribution < 1.29 is 14.3 Å². The highest BCUT2D eigenvalue weighted by atomic mass is 127. The molecule has 27 heavy (non-hydrogen) atoms. The van der Waals surface area contributed by atoms with Gasteiger partial charge in [-0.2, -0.15) is 0 Å². The second kappa shape index (κ2) is 13.6. The second-order valence-electron chi connectivity index (χ2n) is 6.75. The molecule has 0 aliphatic rings. The molecule has 0 bridgehead atoms. The molecule has 3 N–H and O–H groups in total. The molecule has 154 valence electrons.